The van der Waals surface area contributed by atoms with E-state index >= 15 is 0 Å². The van der Waals surface area contributed by atoms with E-state index in [9.17, 15) is 9.59 Å². The van der Waals surface area contributed by atoms with Crippen LogP contribution in [0.1, 0.15) is 40.0 Å². The molecular formula is C21H35N5O3. The SMILES string of the molecule is CC(C)(C)/C(C=NCC1CCN(C(=O)N2CCC3OCC(=O)N[C@@H]3C2)CC1)=C/N. The summed E-state index contributed by atoms with van der Waals surface area (Å²) < 4.78 is 5.58. The fourth-order valence-electron chi connectivity index (χ4n) is 4.17. The third-order valence-electron chi connectivity index (χ3n) is 6.12. The molecule has 2 atom stereocenters. The van der Waals surface area contributed by atoms with Gasteiger partial charge in [-0.25, -0.2) is 4.79 Å². The lowest BCUT2D eigenvalue weighted by Gasteiger charge is -2.43. The lowest BCUT2D eigenvalue weighted by Crippen LogP contribution is -2.62. The third kappa shape index (κ3) is 5.50. The lowest BCUT2D eigenvalue weighted by molar-refractivity contribution is -0.139. The molecule has 3 heterocycles. The van der Waals surface area contributed by atoms with E-state index in [2.05, 4.69) is 31.1 Å². The number of rotatable bonds is 3. The molecule has 8 nitrogen and oxygen atoms in total. The van der Waals surface area contributed by atoms with Gasteiger partial charge in [-0.05, 0) is 42.4 Å². The second-order valence-corrected chi connectivity index (χ2v) is 9.34. The minimum Gasteiger partial charge on any atom is -0.404 e. The largest absolute Gasteiger partial charge is 0.404 e. The van der Waals surface area contributed by atoms with Crippen LogP contribution < -0.4 is 11.1 Å². The molecule has 0 radical (unpaired) electrons. The van der Waals surface area contributed by atoms with Crippen LogP contribution in [0.5, 0.6) is 0 Å². The zero-order chi connectivity index (χ0) is 21.0. The molecule has 0 spiro atoms. The summed E-state index contributed by atoms with van der Waals surface area (Å²) in [4.78, 5) is 32.9. The Hall–Kier alpha value is -2.09. The summed E-state index contributed by atoms with van der Waals surface area (Å²) in [6.45, 7) is 9.98. The van der Waals surface area contributed by atoms with Gasteiger partial charge in [-0.15, -0.1) is 0 Å². The first kappa shape index (κ1) is 21.6. The number of nitrogens with two attached hydrogens (primary N) is 1. The first-order valence-electron chi connectivity index (χ1n) is 10.6. The molecule has 1 unspecified atom stereocenters. The fourth-order valence-corrected chi connectivity index (χ4v) is 4.17. The minimum absolute atomic E-state index is 0.00960. The fraction of sp³-hybridized carbons (Fsp3) is 0.762. The van der Waals surface area contributed by atoms with Gasteiger partial charge in [-0.2, -0.15) is 0 Å². The molecule has 3 fully saturated rings. The van der Waals surface area contributed by atoms with Gasteiger partial charge in [-0.1, -0.05) is 20.8 Å². The van der Waals surface area contributed by atoms with Crippen molar-refractivity contribution >= 4 is 18.2 Å². The van der Waals surface area contributed by atoms with Gasteiger partial charge in [0, 0.05) is 38.9 Å². The third-order valence-corrected chi connectivity index (χ3v) is 6.12. The summed E-state index contributed by atoms with van der Waals surface area (Å²) in [7, 11) is 0. The standard InChI is InChI=1S/C21H35N5O3/c1-21(2,3)16(10-22)12-23-11-15-4-7-25(8-5-15)20(28)26-9-6-18-17(13-26)24-19(27)14-29-18/h10,12,15,17-18H,4-9,11,13-14,22H2,1-3H3,(H,24,27)/b16-10+,23-12?/t17-,18?/m1/s1. The van der Waals surface area contributed by atoms with Crippen molar-refractivity contribution in [3.05, 3.63) is 11.8 Å². The van der Waals surface area contributed by atoms with Crippen LogP contribution in [0.2, 0.25) is 0 Å². The van der Waals surface area contributed by atoms with Crippen molar-refractivity contribution in [2.45, 2.75) is 52.2 Å². The molecule has 29 heavy (non-hydrogen) atoms. The number of nitrogens with zero attached hydrogens (tertiary/aromatic N) is 3. The molecule has 3 aliphatic heterocycles. The van der Waals surface area contributed by atoms with E-state index < -0.39 is 0 Å². The van der Waals surface area contributed by atoms with Crippen molar-refractivity contribution in [3.63, 3.8) is 0 Å². The number of carbonyl (C=O) groups is 2. The molecule has 3 N–H and O–H groups in total. The second-order valence-electron chi connectivity index (χ2n) is 9.34. The van der Waals surface area contributed by atoms with Gasteiger partial charge in [0.2, 0.25) is 5.91 Å². The Labute approximate surface area is 173 Å². The normalized spacial score (nSPS) is 27.1. The van der Waals surface area contributed by atoms with Gasteiger partial charge in [0.15, 0.2) is 0 Å². The number of morpholine rings is 1. The smallest absolute Gasteiger partial charge is 0.320 e. The maximum atomic E-state index is 12.9. The van der Waals surface area contributed by atoms with Crippen LogP contribution >= 0.6 is 0 Å². The van der Waals surface area contributed by atoms with Gasteiger partial charge in [-0.3, -0.25) is 9.79 Å². The number of piperidine rings is 2. The van der Waals surface area contributed by atoms with Crippen molar-refractivity contribution in [2.24, 2.45) is 22.1 Å². The second kappa shape index (κ2) is 9.15. The van der Waals surface area contributed by atoms with E-state index in [0.717, 1.165) is 44.5 Å². The average Bonchev–Trinajstić information content (AvgIpc) is 2.69. The Morgan fingerprint density at radius 3 is 2.59 bits per heavy atom. The maximum absolute atomic E-state index is 12.9. The monoisotopic (exact) mass is 405 g/mol. The highest BCUT2D eigenvalue weighted by Crippen LogP contribution is 2.24. The van der Waals surface area contributed by atoms with E-state index in [1.165, 1.54) is 0 Å². The summed E-state index contributed by atoms with van der Waals surface area (Å²) in [5, 5.41) is 2.95. The molecular weight excluding hydrogens is 370 g/mol. The summed E-state index contributed by atoms with van der Waals surface area (Å²) in [5.41, 5.74) is 6.74. The van der Waals surface area contributed by atoms with Crippen LogP contribution in [0, 0.1) is 11.3 Å². The Bertz CT molecular complexity index is 662. The summed E-state index contributed by atoms with van der Waals surface area (Å²) in [6, 6.07) is -0.0141. The van der Waals surface area contributed by atoms with Crippen molar-refractivity contribution in [1.29, 1.82) is 0 Å². The molecule has 162 valence electrons. The minimum atomic E-state index is -0.0963. The van der Waals surface area contributed by atoms with Crippen molar-refractivity contribution < 1.29 is 14.3 Å². The number of hydrogen-bond donors (Lipinski definition) is 2. The predicted octanol–water partition coefficient (Wildman–Crippen LogP) is 1.37. The number of likely N-dealkylation sites (tertiary alicyclic amines) is 2. The number of hydrogen-bond acceptors (Lipinski definition) is 5. The molecule has 0 bridgehead atoms. The molecule has 8 heteroatoms. The molecule has 3 saturated heterocycles. The number of fused-ring (bicyclic) bond motifs is 1. The van der Waals surface area contributed by atoms with E-state index in [4.69, 9.17) is 10.5 Å². The molecule has 3 rings (SSSR count). The number of urea groups is 1. The molecule has 3 aliphatic rings. The lowest BCUT2D eigenvalue weighted by atomic mass is 9.88. The average molecular weight is 406 g/mol. The maximum Gasteiger partial charge on any atom is 0.320 e. The van der Waals surface area contributed by atoms with E-state index in [-0.39, 0.29) is 36.1 Å². The van der Waals surface area contributed by atoms with Crippen molar-refractivity contribution in [3.8, 4) is 0 Å². The number of ether oxygens (including phenoxy) is 1. The Kier molecular flexibility index (Phi) is 6.82. The number of amides is 3. The summed E-state index contributed by atoms with van der Waals surface area (Å²) >= 11 is 0. The van der Waals surface area contributed by atoms with Crippen molar-refractivity contribution in [1.82, 2.24) is 15.1 Å². The first-order valence-corrected chi connectivity index (χ1v) is 10.6. The molecule has 0 aromatic rings. The number of aliphatic imine (C=N–C) groups is 1. The Morgan fingerprint density at radius 1 is 1.24 bits per heavy atom. The number of carbonyl (C=O) groups excluding carboxylic acids is 2. The van der Waals surface area contributed by atoms with Crippen LogP contribution in [0.4, 0.5) is 4.79 Å². The number of nitrogens with one attached hydrogen (secondary N) is 1. The molecule has 0 aromatic heterocycles. The zero-order valence-corrected chi connectivity index (χ0v) is 17.9. The summed E-state index contributed by atoms with van der Waals surface area (Å²) in [5.74, 6) is 0.395. The summed E-state index contributed by atoms with van der Waals surface area (Å²) in [6.07, 6.45) is 6.24. The molecule has 0 saturated carbocycles. The van der Waals surface area contributed by atoms with E-state index in [0.29, 0.717) is 19.0 Å². The molecule has 0 aromatic carbocycles. The van der Waals surface area contributed by atoms with Crippen LogP contribution in [-0.4, -0.2) is 79.4 Å². The highest BCUT2D eigenvalue weighted by molar-refractivity contribution is 5.80. The van der Waals surface area contributed by atoms with Crippen LogP contribution in [0.15, 0.2) is 16.8 Å². The van der Waals surface area contributed by atoms with E-state index in [1.807, 2.05) is 16.0 Å². The molecule has 3 amide bonds. The van der Waals surface area contributed by atoms with Crippen LogP contribution in [0.25, 0.3) is 0 Å². The molecule has 0 aliphatic carbocycles. The zero-order valence-electron chi connectivity index (χ0n) is 17.9. The van der Waals surface area contributed by atoms with Crippen LogP contribution in [0.3, 0.4) is 0 Å². The van der Waals surface area contributed by atoms with Gasteiger partial charge in [0.05, 0.1) is 12.1 Å². The van der Waals surface area contributed by atoms with Gasteiger partial charge >= 0.3 is 6.03 Å². The highest BCUT2D eigenvalue weighted by atomic mass is 16.5. The van der Waals surface area contributed by atoms with Gasteiger partial charge in [0.1, 0.15) is 6.61 Å². The van der Waals surface area contributed by atoms with E-state index in [1.54, 1.807) is 6.20 Å². The highest BCUT2D eigenvalue weighted by Gasteiger charge is 2.37. The Morgan fingerprint density at radius 2 is 1.93 bits per heavy atom. The van der Waals surface area contributed by atoms with Crippen LogP contribution in [-0.2, 0) is 9.53 Å². The first-order chi connectivity index (χ1) is 13.8. The van der Waals surface area contributed by atoms with Crippen molar-refractivity contribution in [2.75, 3.05) is 39.3 Å². The van der Waals surface area contributed by atoms with Gasteiger partial charge < -0.3 is 25.6 Å². The quantitative estimate of drug-likeness (QED) is 0.693. The van der Waals surface area contributed by atoms with Gasteiger partial charge in [0.25, 0.3) is 0 Å². The number of allylic oxidation sites excluding steroid dienone is 1. The Balaban J connectivity index is 1.44. The predicted molar refractivity (Wildman–Crippen MR) is 113 cm³/mol. The topological polar surface area (TPSA) is 100 Å².